The Morgan fingerprint density at radius 2 is 1.59 bits per heavy atom. The normalized spacial score (nSPS) is 12.9. The molecule has 0 unspecified atom stereocenters. The molecule has 3 aromatic rings. The van der Waals surface area contributed by atoms with Crippen LogP contribution in [0.1, 0.15) is 32.8 Å². The Labute approximate surface area is 248 Å². The highest BCUT2D eigenvalue weighted by Crippen LogP contribution is 2.31. The molecule has 0 saturated carbocycles. The Morgan fingerprint density at radius 1 is 0.949 bits per heavy atom. The minimum absolute atomic E-state index is 0.00546. The van der Waals surface area contributed by atoms with Crippen molar-refractivity contribution < 1.29 is 18.0 Å². The van der Waals surface area contributed by atoms with Gasteiger partial charge in [-0.15, -0.1) is 0 Å². The van der Waals surface area contributed by atoms with Crippen molar-refractivity contribution in [2.24, 2.45) is 0 Å². The van der Waals surface area contributed by atoms with Gasteiger partial charge in [0.25, 0.3) is 10.0 Å². The SMILES string of the molecule is CC[C@H](C)NC(=O)[C@@H](C)N(Cc1ccc(Br)cc1)C(=O)CN(c1ccc(Cl)c(Cl)c1)S(=O)(=O)c1ccccc1. The summed E-state index contributed by atoms with van der Waals surface area (Å²) in [6.07, 6.45) is 0.722. The molecule has 1 N–H and O–H groups in total. The summed E-state index contributed by atoms with van der Waals surface area (Å²) >= 11 is 15.7. The average Bonchev–Trinajstić information content (AvgIpc) is 2.92. The molecule has 0 saturated heterocycles. The molecule has 0 bridgehead atoms. The molecule has 0 radical (unpaired) electrons. The summed E-state index contributed by atoms with van der Waals surface area (Å²) in [4.78, 5) is 28.4. The number of benzene rings is 3. The number of hydrogen-bond acceptors (Lipinski definition) is 4. The van der Waals surface area contributed by atoms with Gasteiger partial charge >= 0.3 is 0 Å². The number of nitrogens with one attached hydrogen (secondary N) is 1. The number of anilines is 1. The first kappa shape index (κ1) is 30.9. The summed E-state index contributed by atoms with van der Waals surface area (Å²) in [6, 6.07) is 18.5. The van der Waals surface area contributed by atoms with E-state index in [1.165, 1.54) is 35.2 Å². The molecule has 2 amide bonds. The van der Waals surface area contributed by atoms with Gasteiger partial charge in [0.2, 0.25) is 11.8 Å². The first-order chi connectivity index (χ1) is 18.4. The van der Waals surface area contributed by atoms with E-state index in [9.17, 15) is 18.0 Å². The minimum Gasteiger partial charge on any atom is -0.352 e. The third-order valence-corrected chi connectivity index (χ3v) is 9.29. The highest BCUT2D eigenvalue weighted by Gasteiger charge is 2.33. The van der Waals surface area contributed by atoms with Crippen LogP contribution in [0.4, 0.5) is 5.69 Å². The summed E-state index contributed by atoms with van der Waals surface area (Å²) in [7, 11) is -4.18. The van der Waals surface area contributed by atoms with E-state index in [2.05, 4.69) is 21.2 Å². The lowest BCUT2D eigenvalue weighted by atomic mass is 10.1. The van der Waals surface area contributed by atoms with Crippen LogP contribution in [0.15, 0.2) is 82.2 Å². The number of nitrogens with zero attached hydrogens (tertiary/aromatic N) is 2. The second-order valence-electron chi connectivity index (χ2n) is 9.07. The van der Waals surface area contributed by atoms with Crippen LogP contribution in [0, 0.1) is 0 Å². The van der Waals surface area contributed by atoms with Gasteiger partial charge in [-0.05, 0) is 68.3 Å². The fourth-order valence-electron chi connectivity index (χ4n) is 3.72. The van der Waals surface area contributed by atoms with Crippen LogP contribution in [0.2, 0.25) is 10.0 Å². The molecule has 0 aliphatic carbocycles. The van der Waals surface area contributed by atoms with Gasteiger partial charge in [-0.2, -0.15) is 0 Å². The van der Waals surface area contributed by atoms with Crippen molar-refractivity contribution in [3.63, 3.8) is 0 Å². The van der Waals surface area contributed by atoms with E-state index in [1.807, 2.05) is 38.1 Å². The molecule has 0 heterocycles. The molecule has 3 aromatic carbocycles. The van der Waals surface area contributed by atoms with Crippen molar-refractivity contribution in [1.29, 1.82) is 0 Å². The van der Waals surface area contributed by atoms with E-state index in [1.54, 1.807) is 25.1 Å². The smallest absolute Gasteiger partial charge is 0.264 e. The molecule has 0 aliphatic heterocycles. The van der Waals surface area contributed by atoms with Crippen LogP contribution < -0.4 is 9.62 Å². The Bertz CT molecular complexity index is 1410. The number of hydrogen-bond donors (Lipinski definition) is 1. The molecule has 2 atom stereocenters. The lowest BCUT2D eigenvalue weighted by molar-refractivity contribution is -0.139. The lowest BCUT2D eigenvalue weighted by Gasteiger charge is -2.32. The maximum Gasteiger partial charge on any atom is 0.264 e. The van der Waals surface area contributed by atoms with Gasteiger partial charge in [-0.3, -0.25) is 13.9 Å². The topological polar surface area (TPSA) is 86.8 Å². The van der Waals surface area contributed by atoms with Gasteiger partial charge in [0.05, 0.1) is 20.6 Å². The summed E-state index contributed by atoms with van der Waals surface area (Å²) < 4.78 is 29.4. The highest BCUT2D eigenvalue weighted by molar-refractivity contribution is 9.10. The van der Waals surface area contributed by atoms with Crippen molar-refractivity contribution >= 4 is 66.7 Å². The standard InChI is InChI=1S/C28H30BrCl2N3O4S/c1-4-19(2)32-28(36)20(3)33(17-21-10-12-22(29)13-11-21)27(35)18-34(23-14-15-25(30)26(31)16-23)39(37,38)24-8-6-5-7-9-24/h5-16,19-20H,4,17-18H2,1-3H3,(H,32,36)/t19-,20+/m0/s1. The van der Waals surface area contributed by atoms with Crippen molar-refractivity contribution in [3.8, 4) is 0 Å². The molecule has 0 aromatic heterocycles. The van der Waals surface area contributed by atoms with Crippen molar-refractivity contribution in [2.45, 2.75) is 50.7 Å². The molecule has 3 rings (SSSR count). The largest absolute Gasteiger partial charge is 0.352 e. The molecule has 39 heavy (non-hydrogen) atoms. The highest BCUT2D eigenvalue weighted by atomic mass is 79.9. The van der Waals surface area contributed by atoms with Crippen LogP contribution in [0.5, 0.6) is 0 Å². The van der Waals surface area contributed by atoms with Crippen molar-refractivity contribution in [1.82, 2.24) is 10.2 Å². The summed E-state index contributed by atoms with van der Waals surface area (Å²) in [6.45, 7) is 4.99. The third kappa shape index (κ3) is 7.97. The van der Waals surface area contributed by atoms with Crippen LogP contribution in [-0.4, -0.2) is 43.8 Å². The second kappa shape index (κ2) is 13.7. The molecule has 0 spiro atoms. The zero-order chi connectivity index (χ0) is 28.7. The van der Waals surface area contributed by atoms with Crippen LogP contribution in [0.25, 0.3) is 0 Å². The number of halogens is 3. The Kier molecular flexibility index (Phi) is 10.8. The molecule has 208 valence electrons. The van der Waals surface area contributed by atoms with Gasteiger partial charge in [0.1, 0.15) is 12.6 Å². The third-order valence-electron chi connectivity index (χ3n) is 6.24. The van der Waals surface area contributed by atoms with Crippen LogP contribution in [0.3, 0.4) is 0 Å². The zero-order valence-electron chi connectivity index (χ0n) is 21.8. The first-order valence-electron chi connectivity index (χ1n) is 12.3. The van der Waals surface area contributed by atoms with E-state index < -0.39 is 28.5 Å². The van der Waals surface area contributed by atoms with E-state index in [0.717, 1.165) is 20.8 Å². The molecular formula is C28H30BrCl2N3O4S. The summed E-state index contributed by atoms with van der Waals surface area (Å²) in [5, 5.41) is 3.30. The number of carbonyl (C=O) groups excluding carboxylic acids is 2. The van der Waals surface area contributed by atoms with Crippen molar-refractivity contribution in [3.05, 3.63) is 92.9 Å². The molecule has 7 nitrogen and oxygen atoms in total. The molecule has 0 aliphatic rings. The number of rotatable bonds is 11. The van der Waals surface area contributed by atoms with Gasteiger partial charge in [0.15, 0.2) is 0 Å². The predicted octanol–water partition coefficient (Wildman–Crippen LogP) is 6.28. The Balaban J connectivity index is 2.03. The molecule has 0 fully saturated rings. The molecule has 11 heteroatoms. The van der Waals surface area contributed by atoms with Gasteiger partial charge in [0, 0.05) is 17.1 Å². The maximum atomic E-state index is 13.9. The average molecular weight is 655 g/mol. The van der Waals surface area contributed by atoms with E-state index in [0.29, 0.717) is 0 Å². The fourth-order valence-corrected chi connectivity index (χ4v) is 5.71. The number of carbonyl (C=O) groups is 2. The predicted molar refractivity (Wildman–Crippen MR) is 159 cm³/mol. The van der Waals surface area contributed by atoms with E-state index in [-0.39, 0.29) is 39.1 Å². The summed E-state index contributed by atoms with van der Waals surface area (Å²) in [5.41, 5.74) is 0.948. The maximum absolute atomic E-state index is 13.9. The van der Waals surface area contributed by atoms with E-state index >= 15 is 0 Å². The Morgan fingerprint density at radius 3 is 2.18 bits per heavy atom. The summed E-state index contributed by atoms with van der Waals surface area (Å²) in [5.74, 6) is -0.892. The second-order valence-corrected chi connectivity index (χ2v) is 12.7. The minimum atomic E-state index is -4.18. The quantitative estimate of drug-likeness (QED) is 0.264. The van der Waals surface area contributed by atoms with Gasteiger partial charge < -0.3 is 10.2 Å². The number of amides is 2. The number of sulfonamides is 1. The first-order valence-corrected chi connectivity index (χ1v) is 15.3. The van der Waals surface area contributed by atoms with E-state index in [4.69, 9.17) is 23.2 Å². The Hall–Kier alpha value is -2.59. The van der Waals surface area contributed by atoms with Crippen LogP contribution in [-0.2, 0) is 26.2 Å². The zero-order valence-corrected chi connectivity index (χ0v) is 25.7. The van der Waals surface area contributed by atoms with Gasteiger partial charge in [-0.1, -0.05) is 76.4 Å². The monoisotopic (exact) mass is 653 g/mol. The fraction of sp³-hybridized carbons (Fsp3) is 0.286. The van der Waals surface area contributed by atoms with Crippen LogP contribution >= 0.6 is 39.1 Å². The van der Waals surface area contributed by atoms with Gasteiger partial charge in [-0.25, -0.2) is 8.42 Å². The van der Waals surface area contributed by atoms with Crippen molar-refractivity contribution in [2.75, 3.05) is 10.8 Å². The lowest BCUT2D eigenvalue weighted by Crippen LogP contribution is -2.52. The molecular weight excluding hydrogens is 625 g/mol.